The van der Waals surface area contributed by atoms with Crippen LogP contribution in [0.3, 0.4) is 0 Å². The molecule has 0 aliphatic heterocycles. The first-order chi connectivity index (χ1) is 13.3. The maximum atomic E-state index is 5.15. The molecule has 0 spiro atoms. The Morgan fingerprint density at radius 3 is 2.33 bits per heavy atom. The fourth-order valence-electron chi connectivity index (χ4n) is 2.80. The Morgan fingerprint density at radius 2 is 1.52 bits per heavy atom. The number of hydrogen-bond donors (Lipinski definition) is 0. The molecule has 0 aliphatic carbocycles. The maximum absolute atomic E-state index is 5.15. The van der Waals surface area contributed by atoms with Crippen molar-refractivity contribution in [1.29, 1.82) is 0 Å². The smallest absolute Gasteiger partial charge is 0.118 e. The van der Waals surface area contributed by atoms with Gasteiger partial charge in [0.2, 0.25) is 0 Å². The predicted molar refractivity (Wildman–Crippen MR) is 114 cm³/mol. The van der Waals surface area contributed by atoms with Crippen LogP contribution in [0.1, 0.15) is 11.1 Å². The molecule has 0 N–H and O–H groups in total. The summed E-state index contributed by atoms with van der Waals surface area (Å²) in [5, 5.41) is 1.26. The van der Waals surface area contributed by atoms with Gasteiger partial charge in [-0.3, -0.25) is 0 Å². The van der Waals surface area contributed by atoms with Crippen molar-refractivity contribution < 1.29 is 4.74 Å². The van der Waals surface area contributed by atoms with Crippen molar-refractivity contribution >= 4 is 21.4 Å². The summed E-state index contributed by atoms with van der Waals surface area (Å²) in [5.41, 5.74) is 3.06. The fraction of sp³-hybridized carbons (Fsp3) is 0.0400. The van der Waals surface area contributed by atoms with E-state index in [-0.39, 0.29) is 0 Å². The van der Waals surface area contributed by atoms with Crippen LogP contribution in [0.4, 0.5) is 0 Å². The summed E-state index contributed by atoms with van der Waals surface area (Å²) in [4.78, 5) is 1.23. The maximum Gasteiger partial charge on any atom is 0.118 e. The average Bonchev–Trinajstić information content (AvgIpc) is 3.16. The van der Waals surface area contributed by atoms with Gasteiger partial charge in [-0.15, -0.1) is 11.3 Å². The van der Waals surface area contributed by atoms with Crippen LogP contribution in [0.5, 0.6) is 5.75 Å². The SMILES string of the molecule is COc1ccc(C#CC#Cc2ccccc2-c2cc3ccccc3s2)cc1. The first-order valence-electron chi connectivity index (χ1n) is 8.57. The highest BCUT2D eigenvalue weighted by atomic mass is 32.1. The molecule has 1 heterocycles. The molecule has 3 aromatic carbocycles. The van der Waals surface area contributed by atoms with Gasteiger partial charge in [0.15, 0.2) is 0 Å². The average molecular weight is 364 g/mol. The highest BCUT2D eigenvalue weighted by Gasteiger charge is 2.06. The molecule has 2 heteroatoms. The molecule has 0 atom stereocenters. The van der Waals surface area contributed by atoms with Crippen molar-refractivity contribution in [2.75, 3.05) is 7.11 Å². The fourth-order valence-corrected chi connectivity index (χ4v) is 3.90. The van der Waals surface area contributed by atoms with E-state index >= 15 is 0 Å². The third-order valence-electron chi connectivity index (χ3n) is 4.17. The number of ether oxygens (including phenoxy) is 1. The Kier molecular flexibility index (Phi) is 4.93. The number of methoxy groups -OCH3 is 1. The molecule has 27 heavy (non-hydrogen) atoms. The second-order valence-electron chi connectivity index (χ2n) is 5.92. The van der Waals surface area contributed by atoms with E-state index < -0.39 is 0 Å². The molecule has 0 unspecified atom stereocenters. The molecule has 128 valence electrons. The number of benzene rings is 3. The van der Waals surface area contributed by atoms with Crippen LogP contribution < -0.4 is 4.74 Å². The Labute approximate surface area is 163 Å². The first kappa shape index (κ1) is 17.0. The summed E-state index contributed by atoms with van der Waals surface area (Å²) in [5.74, 6) is 13.0. The molecule has 1 nitrogen and oxygen atoms in total. The van der Waals surface area contributed by atoms with Crippen LogP contribution in [0.25, 0.3) is 20.5 Å². The largest absolute Gasteiger partial charge is 0.497 e. The first-order valence-corrected chi connectivity index (χ1v) is 9.39. The summed E-state index contributed by atoms with van der Waals surface area (Å²) in [6.45, 7) is 0. The van der Waals surface area contributed by atoms with E-state index in [9.17, 15) is 0 Å². The van der Waals surface area contributed by atoms with Gasteiger partial charge < -0.3 is 4.74 Å². The molecule has 0 bridgehead atoms. The van der Waals surface area contributed by atoms with Gasteiger partial charge in [0.1, 0.15) is 5.75 Å². The summed E-state index contributed by atoms with van der Waals surface area (Å²) in [7, 11) is 1.65. The molecule has 0 saturated heterocycles. The van der Waals surface area contributed by atoms with E-state index in [0.717, 1.165) is 22.4 Å². The van der Waals surface area contributed by atoms with Crippen molar-refractivity contribution in [1.82, 2.24) is 0 Å². The lowest BCUT2D eigenvalue weighted by Crippen LogP contribution is -1.81. The monoisotopic (exact) mass is 364 g/mol. The summed E-state index contributed by atoms with van der Waals surface area (Å²) in [6.07, 6.45) is 0. The zero-order valence-corrected chi connectivity index (χ0v) is 15.6. The van der Waals surface area contributed by atoms with Gasteiger partial charge >= 0.3 is 0 Å². The van der Waals surface area contributed by atoms with E-state index in [0.29, 0.717) is 0 Å². The minimum atomic E-state index is 0.823. The number of thiophene rings is 1. The van der Waals surface area contributed by atoms with Gasteiger partial charge in [0.25, 0.3) is 0 Å². The number of rotatable bonds is 2. The molecule has 0 fully saturated rings. The van der Waals surface area contributed by atoms with Gasteiger partial charge in [-0.05, 0) is 59.7 Å². The van der Waals surface area contributed by atoms with Crippen LogP contribution >= 0.6 is 11.3 Å². The van der Waals surface area contributed by atoms with Crippen molar-refractivity contribution in [2.45, 2.75) is 0 Å². The van der Waals surface area contributed by atoms with E-state index in [1.165, 1.54) is 15.0 Å². The zero-order valence-electron chi connectivity index (χ0n) is 14.8. The van der Waals surface area contributed by atoms with Gasteiger partial charge in [-0.25, -0.2) is 0 Å². The predicted octanol–water partition coefficient (Wildman–Crippen LogP) is 5.98. The van der Waals surface area contributed by atoms with E-state index in [2.05, 4.69) is 60.1 Å². The van der Waals surface area contributed by atoms with E-state index in [1.54, 1.807) is 18.4 Å². The normalized spacial score (nSPS) is 9.81. The Balaban J connectivity index is 1.63. The summed E-state index contributed by atoms with van der Waals surface area (Å²) in [6, 6.07) is 26.5. The lowest BCUT2D eigenvalue weighted by atomic mass is 10.1. The molecule has 0 saturated carbocycles. The van der Waals surface area contributed by atoms with Crippen LogP contribution in [-0.2, 0) is 0 Å². The highest BCUT2D eigenvalue weighted by Crippen LogP contribution is 2.34. The summed E-state index contributed by atoms with van der Waals surface area (Å²) >= 11 is 1.79. The van der Waals surface area contributed by atoms with Crippen molar-refractivity contribution in [3.8, 4) is 39.9 Å². The molecule has 4 aromatic rings. The molecular formula is C25H16OS. The quantitative estimate of drug-likeness (QED) is 0.398. The van der Waals surface area contributed by atoms with Crippen LogP contribution in [0.15, 0.2) is 78.9 Å². The van der Waals surface area contributed by atoms with Crippen molar-refractivity contribution in [3.63, 3.8) is 0 Å². The van der Waals surface area contributed by atoms with Gasteiger partial charge in [0.05, 0.1) is 7.11 Å². The number of fused-ring (bicyclic) bond motifs is 1. The summed E-state index contributed by atoms with van der Waals surface area (Å²) < 4.78 is 6.44. The second-order valence-corrected chi connectivity index (χ2v) is 7.01. The minimum Gasteiger partial charge on any atom is -0.497 e. The Bertz CT molecular complexity index is 1180. The molecule has 0 amide bonds. The molecule has 0 radical (unpaired) electrons. The van der Waals surface area contributed by atoms with E-state index in [4.69, 9.17) is 4.74 Å². The number of hydrogen-bond acceptors (Lipinski definition) is 2. The second kappa shape index (κ2) is 7.83. The van der Waals surface area contributed by atoms with Gasteiger partial charge in [-0.2, -0.15) is 0 Å². The third-order valence-corrected chi connectivity index (χ3v) is 5.32. The Hall–Kier alpha value is -3.46. The highest BCUT2D eigenvalue weighted by molar-refractivity contribution is 7.22. The van der Waals surface area contributed by atoms with Crippen LogP contribution in [0, 0.1) is 23.7 Å². The molecule has 1 aromatic heterocycles. The lowest BCUT2D eigenvalue weighted by Gasteiger charge is -2.00. The third kappa shape index (κ3) is 3.87. The Morgan fingerprint density at radius 1 is 0.778 bits per heavy atom. The standard InChI is InChI=1S/C25H16OS/c1-26-22-16-14-19(15-17-22)8-2-3-9-20-10-4-6-12-23(20)25-18-21-11-5-7-13-24(21)27-25/h4-7,10-18H,1H3. The molecule has 4 rings (SSSR count). The molecular weight excluding hydrogens is 348 g/mol. The van der Waals surface area contributed by atoms with E-state index in [1.807, 2.05) is 42.5 Å². The minimum absolute atomic E-state index is 0.823. The van der Waals surface area contributed by atoms with Crippen molar-refractivity contribution in [3.05, 3.63) is 90.0 Å². The van der Waals surface area contributed by atoms with Crippen LogP contribution in [0.2, 0.25) is 0 Å². The van der Waals surface area contributed by atoms with Crippen molar-refractivity contribution in [2.24, 2.45) is 0 Å². The topological polar surface area (TPSA) is 9.23 Å². The zero-order chi connectivity index (χ0) is 18.5. The van der Waals surface area contributed by atoms with Gasteiger partial charge in [-0.1, -0.05) is 48.2 Å². The van der Waals surface area contributed by atoms with Gasteiger partial charge in [0, 0.05) is 26.3 Å². The molecule has 0 aliphatic rings. The lowest BCUT2D eigenvalue weighted by molar-refractivity contribution is 0.415. The van der Waals surface area contributed by atoms with Crippen LogP contribution in [-0.4, -0.2) is 7.11 Å².